The Kier molecular flexibility index (Phi) is 10.9. The Morgan fingerprint density at radius 2 is 1.64 bits per heavy atom. The van der Waals surface area contributed by atoms with Gasteiger partial charge in [0.05, 0.1) is 6.61 Å². The second-order valence-corrected chi connectivity index (χ2v) is 25.9. The van der Waals surface area contributed by atoms with Crippen LogP contribution in [0.1, 0.15) is 94.9 Å². The summed E-state index contributed by atoms with van der Waals surface area (Å²) in [5, 5.41) is 13.3. The van der Waals surface area contributed by atoms with Gasteiger partial charge in [-0.25, -0.2) is 9.59 Å². The normalized spacial score (nSPS) is 23.2. The van der Waals surface area contributed by atoms with Crippen LogP contribution >= 0.6 is 0 Å². The lowest BCUT2D eigenvalue weighted by molar-refractivity contribution is -0.0808. The van der Waals surface area contributed by atoms with E-state index in [0.29, 0.717) is 16.6 Å². The van der Waals surface area contributed by atoms with E-state index < -0.39 is 53.2 Å². The lowest BCUT2D eigenvalue weighted by Gasteiger charge is -2.53. The molecule has 1 amide bonds. The van der Waals surface area contributed by atoms with Gasteiger partial charge in [-0.05, 0) is 28.8 Å². The minimum atomic E-state index is -2.86. The molecule has 0 spiro atoms. The number of hydrogen-bond donors (Lipinski definition) is 2. The molecule has 0 radical (unpaired) electrons. The first-order valence-electron chi connectivity index (χ1n) is 16.7. The van der Waals surface area contributed by atoms with Gasteiger partial charge in [0, 0.05) is 21.8 Å². The van der Waals surface area contributed by atoms with Gasteiger partial charge in [0.15, 0.2) is 6.23 Å². The predicted octanol–water partition coefficient (Wildman–Crippen LogP) is 7.26. The molecule has 2 aromatic rings. The standard InChI is InChI=1S/C34H55N3O8Si2/c1-21(2)46(22(3)4,23(5)6)44-25-16-14-13-15-24(25)19-41-32(40)36-27-17-18-37(31(39)35-27)30-28(38)29-26(43-30)20-42-47(45-29,33(7,8)9)34(10,11)12/h13-18,21-23,26,28-30,38H,19-20H2,1-12H3,(H,35,36,39,40)/t26-,28-,29-,30-/m1/s1. The summed E-state index contributed by atoms with van der Waals surface area (Å²) in [6.45, 7) is 26.2. The number of nitrogens with zero attached hydrogens (tertiary/aromatic N) is 2. The summed E-state index contributed by atoms with van der Waals surface area (Å²) in [5.74, 6) is 0.738. The third-order valence-electron chi connectivity index (χ3n) is 9.70. The zero-order chi connectivity index (χ0) is 35.1. The molecular weight excluding hydrogens is 635 g/mol. The summed E-state index contributed by atoms with van der Waals surface area (Å²) in [6.07, 6.45) is -2.65. The molecule has 4 rings (SSSR count). The number of hydrogen-bond acceptors (Lipinski definition) is 9. The van der Waals surface area contributed by atoms with E-state index in [9.17, 15) is 14.7 Å². The number of aliphatic hydroxyl groups excluding tert-OH is 1. The number of benzene rings is 1. The van der Waals surface area contributed by atoms with Gasteiger partial charge in [-0.2, -0.15) is 4.98 Å². The molecule has 2 N–H and O–H groups in total. The van der Waals surface area contributed by atoms with Crippen LogP contribution in [0.15, 0.2) is 41.3 Å². The van der Waals surface area contributed by atoms with Crippen molar-refractivity contribution in [1.82, 2.24) is 9.55 Å². The van der Waals surface area contributed by atoms with Crippen LogP contribution in [0.5, 0.6) is 5.75 Å². The van der Waals surface area contributed by atoms with E-state index in [4.69, 9.17) is 22.8 Å². The third-order valence-corrected chi connectivity index (χ3v) is 20.8. The molecule has 47 heavy (non-hydrogen) atoms. The molecule has 2 fully saturated rings. The number of anilines is 1. The number of nitrogens with one attached hydrogen (secondary N) is 1. The van der Waals surface area contributed by atoms with Crippen molar-refractivity contribution in [2.75, 3.05) is 11.9 Å². The average Bonchev–Trinajstić information content (AvgIpc) is 3.28. The molecule has 11 nitrogen and oxygen atoms in total. The first-order valence-corrected chi connectivity index (χ1v) is 20.7. The number of para-hydroxylation sites is 1. The largest absolute Gasteiger partial charge is 0.542 e. The molecule has 2 aliphatic heterocycles. The molecule has 13 heteroatoms. The lowest BCUT2D eigenvalue weighted by Crippen LogP contribution is -2.65. The zero-order valence-corrected chi connectivity index (χ0v) is 32.1. The Hall–Kier alpha value is -2.56. The minimum Gasteiger partial charge on any atom is -0.542 e. The third kappa shape index (κ3) is 7.11. The summed E-state index contributed by atoms with van der Waals surface area (Å²) in [6, 6.07) is 9.08. The van der Waals surface area contributed by atoms with Crippen molar-refractivity contribution in [3.8, 4) is 5.75 Å². The average molecular weight is 690 g/mol. The Morgan fingerprint density at radius 1 is 1.04 bits per heavy atom. The van der Waals surface area contributed by atoms with E-state index in [-0.39, 0.29) is 29.1 Å². The molecule has 2 saturated heterocycles. The van der Waals surface area contributed by atoms with Crippen LogP contribution in [-0.4, -0.2) is 62.5 Å². The fraction of sp³-hybridized carbons (Fsp3) is 0.676. The number of ether oxygens (including phenoxy) is 2. The molecule has 2 aliphatic rings. The Balaban J connectivity index is 1.43. The first-order chi connectivity index (χ1) is 21.7. The molecular formula is C34H55N3O8Si2. The lowest BCUT2D eigenvalue weighted by atomic mass is 10.1. The summed E-state index contributed by atoms with van der Waals surface area (Å²) in [5.41, 5.74) is 1.22. The Morgan fingerprint density at radius 3 is 2.19 bits per heavy atom. The second-order valence-electron chi connectivity index (χ2n) is 15.8. The van der Waals surface area contributed by atoms with E-state index in [2.05, 4.69) is 93.4 Å². The van der Waals surface area contributed by atoms with E-state index >= 15 is 0 Å². The SMILES string of the molecule is CC(C)[Si](Oc1ccccc1COC(=O)Nc1ccn([C@@H]2O[C@@H]3CO[Si](C(C)(C)C)(C(C)(C)C)O[C@H]3[C@H]2O)c(=O)n1)(C(C)C)C(C)C. The van der Waals surface area contributed by atoms with Crippen LogP contribution in [-0.2, 0) is 24.9 Å². The monoisotopic (exact) mass is 689 g/mol. The van der Waals surface area contributed by atoms with Gasteiger partial charge < -0.3 is 27.9 Å². The Labute approximate surface area is 281 Å². The highest BCUT2D eigenvalue weighted by molar-refractivity contribution is 6.78. The molecule has 1 aromatic carbocycles. The van der Waals surface area contributed by atoms with Crippen molar-refractivity contribution in [1.29, 1.82) is 0 Å². The van der Waals surface area contributed by atoms with Gasteiger partial charge in [0.2, 0.25) is 0 Å². The number of aliphatic hydroxyl groups is 1. The van der Waals surface area contributed by atoms with Crippen molar-refractivity contribution >= 4 is 28.8 Å². The van der Waals surface area contributed by atoms with E-state index in [0.717, 1.165) is 11.3 Å². The zero-order valence-electron chi connectivity index (χ0n) is 30.1. The molecule has 0 bridgehead atoms. The van der Waals surface area contributed by atoms with Gasteiger partial charge in [-0.1, -0.05) is 101 Å². The van der Waals surface area contributed by atoms with Crippen molar-refractivity contribution in [2.45, 2.75) is 141 Å². The van der Waals surface area contributed by atoms with E-state index in [1.807, 2.05) is 24.3 Å². The molecule has 0 aliphatic carbocycles. The first kappa shape index (κ1) is 37.3. The summed E-state index contributed by atoms with van der Waals surface area (Å²) in [7, 11) is -5.08. The highest BCUT2D eigenvalue weighted by Gasteiger charge is 2.65. The fourth-order valence-corrected chi connectivity index (χ4v) is 18.0. The number of amides is 1. The van der Waals surface area contributed by atoms with Gasteiger partial charge in [0.1, 0.15) is 36.5 Å². The predicted molar refractivity (Wildman–Crippen MR) is 186 cm³/mol. The van der Waals surface area contributed by atoms with Crippen LogP contribution in [0.2, 0.25) is 26.7 Å². The minimum absolute atomic E-state index is 0.0152. The maximum atomic E-state index is 13.1. The summed E-state index contributed by atoms with van der Waals surface area (Å²) in [4.78, 5) is 29.9. The maximum Gasteiger partial charge on any atom is 0.413 e. The molecule has 0 unspecified atom stereocenters. The van der Waals surface area contributed by atoms with Gasteiger partial charge in [-0.15, -0.1) is 0 Å². The van der Waals surface area contributed by atoms with E-state index in [1.54, 1.807) is 0 Å². The van der Waals surface area contributed by atoms with Crippen LogP contribution in [0.3, 0.4) is 0 Å². The topological polar surface area (TPSA) is 130 Å². The van der Waals surface area contributed by atoms with Crippen molar-refractivity contribution in [3.05, 3.63) is 52.6 Å². The molecule has 262 valence electrons. The van der Waals surface area contributed by atoms with Crippen LogP contribution in [0.25, 0.3) is 0 Å². The second kappa shape index (κ2) is 13.8. The number of aromatic nitrogens is 2. The van der Waals surface area contributed by atoms with Crippen molar-refractivity contribution in [3.63, 3.8) is 0 Å². The molecule has 3 heterocycles. The highest BCUT2D eigenvalue weighted by Crippen LogP contribution is 2.55. The van der Waals surface area contributed by atoms with E-state index in [1.165, 1.54) is 16.8 Å². The van der Waals surface area contributed by atoms with Crippen molar-refractivity contribution < 1.29 is 32.7 Å². The quantitative estimate of drug-likeness (QED) is 0.261. The molecule has 4 atom stereocenters. The van der Waals surface area contributed by atoms with Gasteiger partial charge >= 0.3 is 20.3 Å². The maximum absolute atomic E-state index is 13.1. The molecule has 0 saturated carbocycles. The number of fused-ring (bicyclic) bond motifs is 1. The number of rotatable bonds is 9. The van der Waals surface area contributed by atoms with Crippen molar-refractivity contribution in [2.24, 2.45) is 0 Å². The number of carbonyl (C=O) groups excluding carboxylic acids is 1. The van der Waals surface area contributed by atoms with Gasteiger partial charge in [0.25, 0.3) is 8.32 Å². The van der Waals surface area contributed by atoms with Crippen LogP contribution in [0.4, 0.5) is 10.6 Å². The van der Waals surface area contributed by atoms with Crippen LogP contribution < -0.4 is 15.4 Å². The summed E-state index contributed by atoms with van der Waals surface area (Å²) < 4.78 is 32.8. The smallest absolute Gasteiger partial charge is 0.413 e. The van der Waals surface area contributed by atoms with Gasteiger partial charge in [-0.3, -0.25) is 9.88 Å². The highest BCUT2D eigenvalue weighted by atomic mass is 28.4. The molecule has 1 aromatic heterocycles. The Bertz CT molecular complexity index is 1430. The fourth-order valence-electron chi connectivity index (χ4n) is 7.79. The van der Waals surface area contributed by atoms with Crippen LogP contribution in [0, 0.1) is 0 Å². The number of carbonyl (C=O) groups is 1. The summed E-state index contributed by atoms with van der Waals surface area (Å²) >= 11 is 0.